The van der Waals surface area contributed by atoms with Crippen molar-refractivity contribution in [1.82, 2.24) is 5.32 Å². The van der Waals surface area contributed by atoms with Crippen molar-refractivity contribution in [3.8, 4) is 0 Å². The fourth-order valence-corrected chi connectivity index (χ4v) is 2.52. The van der Waals surface area contributed by atoms with E-state index in [0.717, 1.165) is 23.9 Å². The number of alkyl halides is 3. The molecule has 146 valence electrons. The second kappa shape index (κ2) is 9.25. The number of halogens is 3. The average Bonchev–Trinajstić information content (AvgIpc) is 2.61. The molecule has 1 heterocycles. The molecule has 2 aromatic rings. The number of nitrogens with zero attached hydrogens (tertiary/aromatic N) is 1. The number of ether oxygens (including phenoxy) is 1. The highest BCUT2D eigenvalue weighted by Crippen LogP contribution is 2.28. The molecule has 5 nitrogen and oxygen atoms in total. The Morgan fingerprint density at radius 3 is 2.63 bits per heavy atom. The van der Waals surface area contributed by atoms with Crippen molar-refractivity contribution < 1.29 is 27.4 Å². The molecular formula is C19H21F3N2O3. The quantitative estimate of drug-likeness (QED) is 0.582. The van der Waals surface area contributed by atoms with E-state index in [4.69, 9.17) is 4.74 Å². The van der Waals surface area contributed by atoms with E-state index in [0.29, 0.717) is 17.6 Å². The molecule has 0 aliphatic carbocycles. The molecule has 1 amide bonds. The van der Waals surface area contributed by atoms with Crippen LogP contribution in [0, 0.1) is 5.21 Å². The number of aryl methyl sites for hydroxylation is 1. The molecule has 0 radical (unpaired) electrons. The van der Waals surface area contributed by atoms with E-state index in [9.17, 15) is 23.2 Å². The van der Waals surface area contributed by atoms with Crippen LogP contribution in [0.25, 0.3) is 0 Å². The number of pyridine rings is 1. The van der Waals surface area contributed by atoms with Gasteiger partial charge in [0.1, 0.15) is 6.61 Å². The van der Waals surface area contributed by atoms with E-state index >= 15 is 0 Å². The van der Waals surface area contributed by atoms with Crippen LogP contribution < -0.4 is 10.0 Å². The van der Waals surface area contributed by atoms with E-state index in [1.165, 1.54) is 0 Å². The summed E-state index contributed by atoms with van der Waals surface area (Å²) in [6.45, 7) is 1.92. The minimum Gasteiger partial charge on any atom is -0.619 e. The third-order valence-corrected chi connectivity index (χ3v) is 3.97. The zero-order chi connectivity index (χ0) is 19.9. The standard InChI is InChI=1S/C19H21F3N2O3/c1-14(23-18(25)27-13-15-7-3-2-4-8-15)6-5-9-17-12-16(19(20,21)22)10-11-24(17)26/h2-4,7-8,10-12,14H,5-6,9,13H2,1H3,(H,23,25)/t14-/m1/s1. The van der Waals surface area contributed by atoms with E-state index in [1.807, 2.05) is 30.3 Å². The largest absolute Gasteiger partial charge is 0.619 e. The van der Waals surface area contributed by atoms with E-state index in [-0.39, 0.29) is 24.8 Å². The number of hydrogen-bond acceptors (Lipinski definition) is 3. The minimum absolute atomic E-state index is 0.0451. The number of alkyl carbamates (subject to hydrolysis) is 1. The maximum absolute atomic E-state index is 12.7. The first kappa shape index (κ1) is 20.5. The van der Waals surface area contributed by atoms with Crippen LogP contribution in [-0.2, 0) is 23.9 Å². The topological polar surface area (TPSA) is 65.3 Å². The summed E-state index contributed by atoms with van der Waals surface area (Å²) < 4.78 is 43.7. The summed E-state index contributed by atoms with van der Waals surface area (Å²) in [5.74, 6) is 0. The van der Waals surface area contributed by atoms with Crippen LogP contribution in [0.2, 0.25) is 0 Å². The lowest BCUT2D eigenvalue weighted by Crippen LogP contribution is -2.34. The molecule has 1 aromatic carbocycles. The third kappa shape index (κ3) is 6.80. The van der Waals surface area contributed by atoms with Crippen molar-refractivity contribution in [3.05, 3.63) is 70.7 Å². The minimum atomic E-state index is -4.49. The van der Waals surface area contributed by atoms with Gasteiger partial charge in [-0.15, -0.1) is 0 Å². The van der Waals surface area contributed by atoms with Gasteiger partial charge in [-0.05, 0) is 25.3 Å². The maximum Gasteiger partial charge on any atom is 0.416 e. The molecule has 8 heteroatoms. The summed E-state index contributed by atoms with van der Waals surface area (Å²) in [7, 11) is 0. The van der Waals surface area contributed by atoms with Gasteiger partial charge in [0.15, 0.2) is 11.9 Å². The van der Waals surface area contributed by atoms with Gasteiger partial charge >= 0.3 is 12.3 Å². The summed E-state index contributed by atoms with van der Waals surface area (Å²) in [4.78, 5) is 11.8. The molecule has 0 bridgehead atoms. The lowest BCUT2D eigenvalue weighted by Gasteiger charge is -2.14. The van der Waals surface area contributed by atoms with Crippen molar-refractivity contribution in [2.45, 2.75) is 45.0 Å². The van der Waals surface area contributed by atoms with Crippen LogP contribution in [0.15, 0.2) is 48.7 Å². The molecule has 1 aromatic heterocycles. The fourth-order valence-electron chi connectivity index (χ4n) is 2.52. The Morgan fingerprint density at radius 1 is 1.26 bits per heavy atom. The second-order valence-corrected chi connectivity index (χ2v) is 6.23. The summed E-state index contributed by atoms with van der Waals surface area (Å²) in [5, 5.41) is 14.3. The molecule has 0 saturated carbocycles. The van der Waals surface area contributed by atoms with E-state index in [2.05, 4.69) is 5.32 Å². The molecule has 2 rings (SSSR count). The van der Waals surface area contributed by atoms with Crippen molar-refractivity contribution in [2.24, 2.45) is 0 Å². The number of carbonyl (C=O) groups is 1. The molecular weight excluding hydrogens is 361 g/mol. The molecule has 0 spiro atoms. The second-order valence-electron chi connectivity index (χ2n) is 6.23. The maximum atomic E-state index is 12.7. The van der Waals surface area contributed by atoms with Gasteiger partial charge in [0, 0.05) is 24.6 Å². The van der Waals surface area contributed by atoms with Crippen molar-refractivity contribution >= 4 is 6.09 Å². The number of benzene rings is 1. The molecule has 0 aliphatic rings. The van der Waals surface area contributed by atoms with Crippen molar-refractivity contribution in [2.75, 3.05) is 0 Å². The summed E-state index contributed by atoms with van der Waals surface area (Å²) >= 11 is 0. The van der Waals surface area contributed by atoms with Crippen LogP contribution in [0.4, 0.5) is 18.0 Å². The van der Waals surface area contributed by atoms with E-state index in [1.54, 1.807) is 6.92 Å². The lowest BCUT2D eigenvalue weighted by molar-refractivity contribution is -0.614. The number of carbonyl (C=O) groups excluding carboxylic acids is 1. The highest BCUT2D eigenvalue weighted by molar-refractivity contribution is 5.67. The normalized spacial score (nSPS) is 12.4. The molecule has 27 heavy (non-hydrogen) atoms. The molecule has 1 atom stereocenters. The van der Waals surface area contributed by atoms with Crippen molar-refractivity contribution in [3.63, 3.8) is 0 Å². The van der Waals surface area contributed by atoms with Crippen LogP contribution in [0.1, 0.15) is 36.6 Å². The number of rotatable bonds is 7. The Balaban J connectivity index is 1.75. The van der Waals surface area contributed by atoms with Gasteiger partial charge in [0.2, 0.25) is 0 Å². The summed E-state index contributed by atoms with van der Waals surface area (Å²) in [6, 6.07) is 10.6. The zero-order valence-electron chi connectivity index (χ0n) is 14.8. The van der Waals surface area contributed by atoms with Gasteiger partial charge in [0.25, 0.3) is 0 Å². The van der Waals surface area contributed by atoms with Crippen LogP contribution in [0.3, 0.4) is 0 Å². The molecule has 0 unspecified atom stereocenters. The fraction of sp³-hybridized carbons (Fsp3) is 0.368. The molecule has 0 fully saturated rings. The highest BCUT2D eigenvalue weighted by Gasteiger charge is 2.32. The van der Waals surface area contributed by atoms with Crippen LogP contribution in [-0.4, -0.2) is 12.1 Å². The van der Waals surface area contributed by atoms with Crippen molar-refractivity contribution in [1.29, 1.82) is 0 Å². The average molecular weight is 382 g/mol. The smallest absolute Gasteiger partial charge is 0.416 e. The lowest BCUT2D eigenvalue weighted by atomic mass is 10.1. The number of hydrogen-bond donors (Lipinski definition) is 1. The van der Waals surface area contributed by atoms with Crippen LogP contribution >= 0.6 is 0 Å². The first-order chi connectivity index (χ1) is 12.8. The number of amides is 1. The van der Waals surface area contributed by atoms with Gasteiger partial charge in [-0.25, -0.2) is 4.79 Å². The van der Waals surface area contributed by atoms with Gasteiger partial charge < -0.3 is 15.3 Å². The monoisotopic (exact) mass is 382 g/mol. The Morgan fingerprint density at radius 2 is 1.96 bits per heavy atom. The van der Waals surface area contributed by atoms with Crippen LogP contribution in [0.5, 0.6) is 0 Å². The molecule has 0 aliphatic heterocycles. The SMILES string of the molecule is C[C@H](CCCc1cc(C(F)(F)F)cc[n+]1[O-])NC(=O)OCc1ccccc1. The Bertz CT molecular complexity index is 752. The van der Waals surface area contributed by atoms with Gasteiger partial charge in [0.05, 0.1) is 5.56 Å². The number of aromatic nitrogens is 1. The van der Waals surface area contributed by atoms with Gasteiger partial charge in [-0.3, -0.25) is 0 Å². The zero-order valence-corrected chi connectivity index (χ0v) is 14.8. The van der Waals surface area contributed by atoms with E-state index < -0.39 is 17.8 Å². The Hall–Kier alpha value is -2.77. The molecule has 1 N–H and O–H groups in total. The first-order valence-corrected chi connectivity index (χ1v) is 8.52. The summed E-state index contributed by atoms with van der Waals surface area (Å²) in [5.41, 5.74) is 0.0637. The van der Waals surface area contributed by atoms with Gasteiger partial charge in [-0.2, -0.15) is 17.9 Å². The predicted octanol–water partition coefficient (Wildman–Crippen LogP) is 3.98. The Kier molecular flexibility index (Phi) is 7.04. The van der Waals surface area contributed by atoms with Gasteiger partial charge in [-0.1, -0.05) is 30.3 Å². The Labute approximate surface area is 155 Å². The third-order valence-electron chi connectivity index (χ3n) is 3.97. The predicted molar refractivity (Wildman–Crippen MR) is 92.6 cm³/mol. The summed E-state index contributed by atoms with van der Waals surface area (Å²) in [6.07, 6.45) is -3.07. The highest BCUT2D eigenvalue weighted by atomic mass is 19.4. The number of nitrogens with one attached hydrogen (secondary N) is 1. The molecule has 0 saturated heterocycles. The first-order valence-electron chi connectivity index (χ1n) is 8.52.